The number of rotatable bonds is 4. The number of aliphatic hydroxyl groups is 1. The van der Waals surface area contributed by atoms with Gasteiger partial charge in [-0.05, 0) is 44.4 Å². The summed E-state index contributed by atoms with van der Waals surface area (Å²) in [5.74, 6) is -0.530. The molecule has 1 aromatic heterocycles. The normalized spacial score (nSPS) is 15.4. The molecule has 1 saturated heterocycles. The SMILES string of the molecule is Cc1n[nH]c(C)c1C(=O)NCc1ccc(N2CCC(O)CC2)c(F)c1. The Bertz CT molecular complexity index is 747. The van der Waals surface area contributed by atoms with E-state index >= 15 is 0 Å². The molecule has 0 unspecified atom stereocenters. The quantitative estimate of drug-likeness (QED) is 0.791. The zero-order valence-corrected chi connectivity index (χ0v) is 14.5. The molecule has 0 atom stereocenters. The first-order valence-electron chi connectivity index (χ1n) is 8.47. The zero-order chi connectivity index (χ0) is 18.0. The molecule has 0 bridgehead atoms. The summed E-state index contributed by atoms with van der Waals surface area (Å²) in [6.07, 6.45) is 1.02. The summed E-state index contributed by atoms with van der Waals surface area (Å²) < 4.78 is 14.4. The number of halogens is 1. The van der Waals surface area contributed by atoms with Gasteiger partial charge in [-0.15, -0.1) is 0 Å². The lowest BCUT2D eigenvalue weighted by Crippen LogP contribution is -2.36. The maximum Gasteiger partial charge on any atom is 0.255 e. The Labute approximate surface area is 146 Å². The lowest BCUT2D eigenvalue weighted by atomic mass is 10.1. The summed E-state index contributed by atoms with van der Waals surface area (Å²) in [7, 11) is 0. The molecule has 1 aliphatic rings. The Balaban J connectivity index is 1.64. The van der Waals surface area contributed by atoms with Crippen LogP contribution in [0.4, 0.5) is 10.1 Å². The largest absolute Gasteiger partial charge is 0.393 e. The average Bonchev–Trinajstić information content (AvgIpc) is 2.92. The summed E-state index contributed by atoms with van der Waals surface area (Å²) in [4.78, 5) is 14.2. The van der Waals surface area contributed by atoms with Gasteiger partial charge in [-0.25, -0.2) is 4.39 Å². The van der Waals surface area contributed by atoms with E-state index in [1.807, 2.05) is 11.0 Å². The number of carbonyl (C=O) groups is 1. The van der Waals surface area contributed by atoms with Gasteiger partial charge in [0.1, 0.15) is 5.82 Å². The van der Waals surface area contributed by atoms with Gasteiger partial charge in [-0.2, -0.15) is 5.10 Å². The van der Waals surface area contributed by atoms with E-state index in [4.69, 9.17) is 0 Å². The molecule has 1 aromatic carbocycles. The number of aromatic nitrogens is 2. The molecule has 0 radical (unpaired) electrons. The van der Waals surface area contributed by atoms with Crippen molar-refractivity contribution in [1.29, 1.82) is 0 Å². The smallest absolute Gasteiger partial charge is 0.255 e. The molecular weight excluding hydrogens is 323 g/mol. The number of nitrogens with zero attached hydrogens (tertiary/aromatic N) is 2. The molecule has 1 aliphatic heterocycles. The number of amides is 1. The fourth-order valence-corrected chi connectivity index (χ4v) is 3.18. The number of hydrogen-bond donors (Lipinski definition) is 3. The molecule has 7 heteroatoms. The van der Waals surface area contributed by atoms with Gasteiger partial charge in [0.2, 0.25) is 0 Å². The average molecular weight is 346 g/mol. The monoisotopic (exact) mass is 346 g/mol. The molecule has 25 heavy (non-hydrogen) atoms. The van der Waals surface area contributed by atoms with Crippen LogP contribution in [0.25, 0.3) is 0 Å². The molecule has 2 aromatic rings. The summed E-state index contributed by atoms with van der Waals surface area (Å²) in [5.41, 5.74) is 3.13. The van der Waals surface area contributed by atoms with Crippen LogP contribution in [-0.2, 0) is 6.54 Å². The molecule has 3 rings (SSSR count). The first-order chi connectivity index (χ1) is 12.0. The number of aromatic amines is 1. The van der Waals surface area contributed by atoms with Gasteiger partial charge in [-0.3, -0.25) is 9.89 Å². The van der Waals surface area contributed by atoms with E-state index in [0.717, 1.165) is 0 Å². The van der Waals surface area contributed by atoms with E-state index in [0.29, 0.717) is 54.1 Å². The van der Waals surface area contributed by atoms with E-state index < -0.39 is 0 Å². The number of H-pyrrole nitrogens is 1. The van der Waals surface area contributed by atoms with Crippen LogP contribution in [0.15, 0.2) is 18.2 Å². The number of carbonyl (C=O) groups excluding carboxylic acids is 1. The Morgan fingerprint density at radius 1 is 1.40 bits per heavy atom. The van der Waals surface area contributed by atoms with Crippen molar-refractivity contribution < 1.29 is 14.3 Å². The molecule has 2 heterocycles. The molecule has 1 fully saturated rings. The van der Waals surface area contributed by atoms with E-state index in [9.17, 15) is 14.3 Å². The summed E-state index contributed by atoms with van der Waals surface area (Å²) >= 11 is 0. The highest BCUT2D eigenvalue weighted by Crippen LogP contribution is 2.24. The topological polar surface area (TPSA) is 81.2 Å². The van der Waals surface area contributed by atoms with Crippen molar-refractivity contribution in [3.63, 3.8) is 0 Å². The maximum atomic E-state index is 14.4. The van der Waals surface area contributed by atoms with E-state index in [-0.39, 0.29) is 24.4 Å². The van der Waals surface area contributed by atoms with Crippen molar-refractivity contribution in [2.24, 2.45) is 0 Å². The number of piperidine rings is 1. The Morgan fingerprint density at radius 3 is 2.72 bits per heavy atom. The van der Waals surface area contributed by atoms with Gasteiger partial charge < -0.3 is 15.3 Å². The van der Waals surface area contributed by atoms with Crippen LogP contribution < -0.4 is 10.2 Å². The van der Waals surface area contributed by atoms with Crippen LogP contribution in [0, 0.1) is 19.7 Å². The highest BCUT2D eigenvalue weighted by atomic mass is 19.1. The standard InChI is InChI=1S/C18H23FN4O2/c1-11-17(12(2)22-21-11)18(25)20-10-13-3-4-16(15(19)9-13)23-7-5-14(24)6-8-23/h3-4,9,14,24H,5-8,10H2,1-2H3,(H,20,25)(H,21,22). The number of aliphatic hydroxyl groups excluding tert-OH is 1. The number of hydrogen-bond acceptors (Lipinski definition) is 4. The summed E-state index contributed by atoms with van der Waals surface area (Å²) in [5, 5.41) is 19.1. The molecule has 3 N–H and O–H groups in total. The van der Waals surface area contributed by atoms with Crippen LogP contribution in [0.3, 0.4) is 0 Å². The van der Waals surface area contributed by atoms with Crippen molar-refractivity contribution >= 4 is 11.6 Å². The minimum atomic E-state index is -0.307. The fourth-order valence-electron chi connectivity index (χ4n) is 3.18. The molecule has 134 valence electrons. The van der Waals surface area contributed by atoms with Crippen LogP contribution in [-0.4, -0.2) is 40.4 Å². The van der Waals surface area contributed by atoms with Gasteiger partial charge in [-0.1, -0.05) is 6.07 Å². The minimum absolute atomic E-state index is 0.224. The predicted octanol–water partition coefficient (Wildman–Crippen LogP) is 2.06. The third-order valence-electron chi connectivity index (χ3n) is 4.63. The van der Waals surface area contributed by atoms with Gasteiger partial charge >= 0.3 is 0 Å². The molecule has 0 spiro atoms. The van der Waals surface area contributed by atoms with Crippen LogP contribution in [0.2, 0.25) is 0 Å². The van der Waals surface area contributed by atoms with Crippen LogP contribution in [0.1, 0.15) is 40.2 Å². The Kier molecular flexibility index (Phi) is 5.03. The van der Waals surface area contributed by atoms with Crippen LogP contribution in [0.5, 0.6) is 0 Å². The Morgan fingerprint density at radius 2 is 2.12 bits per heavy atom. The molecular formula is C18H23FN4O2. The van der Waals surface area contributed by atoms with Gasteiger partial charge in [0.05, 0.1) is 23.0 Å². The van der Waals surface area contributed by atoms with Gasteiger partial charge in [0, 0.05) is 25.3 Å². The van der Waals surface area contributed by atoms with Gasteiger partial charge in [0.15, 0.2) is 0 Å². The van der Waals surface area contributed by atoms with E-state index in [1.54, 1.807) is 19.9 Å². The molecule has 0 aliphatic carbocycles. The van der Waals surface area contributed by atoms with Crippen molar-refractivity contribution in [1.82, 2.24) is 15.5 Å². The number of nitrogens with one attached hydrogen (secondary N) is 2. The zero-order valence-electron chi connectivity index (χ0n) is 14.5. The maximum absolute atomic E-state index is 14.4. The summed E-state index contributed by atoms with van der Waals surface area (Å²) in [6.45, 7) is 5.10. The third kappa shape index (κ3) is 3.82. The lowest BCUT2D eigenvalue weighted by molar-refractivity contribution is 0.0949. The highest BCUT2D eigenvalue weighted by Gasteiger charge is 2.20. The van der Waals surface area contributed by atoms with E-state index in [1.165, 1.54) is 6.07 Å². The minimum Gasteiger partial charge on any atom is -0.393 e. The predicted molar refractivity (Wildman–Crippen MR) is 93.1 cm³/mol. The number of anilines is 1. The fraction of sp³-hybridized carbons (Fsp3) is 0.444. The Hall–Kier alpha value is -2.41. The highest BCUT2D eigenvalue weighted by molar-refractivity contribution is 5.96. The van der Waals surface area contributed by atoms with Gasteiger partial charge in [0.25, 0.3) is 5.91 Å². The molecule has 1 amide bonds. The third-order valence-corrected chi connectivity index (χ3v) is 4.63. The van der Waals surface area contributed by atoms with Crippen LogP contribution >= 0.6 is 0 Å². The first-order valence-corrected chi connectivity index (χ1v) is 8.47. The molecule has 6 nitrogen and oxygen atoms in total. The summed E-state index contributed by atoms with van der Waals surface area (Å²) in [6, 6.07) is 5.01. The van der Waals surface area contributed by atoms with Crippen molar-refractivity contribution in [2.45, 2.75) is 39.3 Å². The second kappa shape index (κ2) is 7.23. The second-order valence-electron chi connectivity index (χ2n) is 6.50. The van der Waals surface area contributed by atoms with E-state index in [2.05, 4.69) is 15.5 Å². The van der Waals surface area contributed by atoms with Crippen molar-refractivity contribution in [3.8, 4) is 0 Å². The second-order valence-corrected chi connectivity index (χ2v) is 6.50. The first kappa shape index (κ1) is 17.4. The molecule has 0 saturated carbocycles. The number of aryl methyl sites for hydroxylation is 2. The van der Waals surface area contributed by atoms with Crippen molar-refractivity contribution in [3.05, 3.63) is 46.5 Å². The number of benzene rings is 1. The van der Waals surface area contributed by atoms with Crippen molar-refractivity contribution in [2.75, 3.05) is 18.0 Å². The lowest BCUT2D eigenvalue weighted by Gasteiger charge is -2.31.